The molecule has 0 aliphatic heterocycles. The van der Waals surface area contributed by atoms with Gasteiger partial charge in [-0.25, -0.2) is 0 Å². The molecule has 0 aromatic heterocycles. The lowest BCUT2D eigenvalue weighted by Crippen LogP contribution is -2.32. The van der Waals surface area contributed by atoms with Crippen LogP contribution in [0.15, 0.2) is 0 Å². The zero-order valence-corrected chi connectivity index (χ0v) is 15.3. The maximum absolute atomic E-state index is 12.1. The Morgan fingerprint density at radius 2 is 1.90 bits per heavy atom. The second-order valence-corrected chi connectivity index (χ2v) is 13.2. The zero-order valence-electron chi connectivity index (χ0n) is 14.3. The lowest BCUT2D eigenvalue weighted by molar-refractivity contribution is -0.126. The van der Waals surface area contributed by atoms with Crippen molar-refractivity contribution < 1.29 is 4.79 Å². The summed E-state index contributed by atoms with van der Waals surface area (Å²) in [5.74, 6) is 4.84. The SMILES string of the molecule is CC(C)(C)[C@H]1CCC(=O)[C@@H](CCCC#C[Si](C)(C)C)C1. The summed E-state index contributed by atoms with van der Waals surface area (Å²) in [6.07, 6.45) is 6.09. The summed E-state index contributed by atoms with van der Waals surface area (Å²) >= 11 is 0. The van der Waals surface area contributed by atoms with Gasteiger partial charge < -0.3 is 0 Å². The highest BCUT2D eigenvalue weighted by atomic mass is 28.3. The van der Waals surface area contributed by atoms with E-state index in [2.05, 4.69) is 51.9 Å². The molecule has 1 fully saturated rings. The molecule has 0 bridgehead atoms. The Labute approximate surface area is 126 Å². The van der Waals surface area contributed by atoms with E-state index >= 15 is 0 Å². The standard InChI is InChI=1S/C18H32OSi/c1-18(2,3)16-11-12-17(19)15(14-16)10-8-7-9-13-20(4,5)6/h15-16H,7-8,10-12,14H2,1-6H3/t15-,16-/m0/s1. The van der Waals surface area contributed by atoms with Gasteiger partial charge in [-0.05, 0) is 37.0 Å². The van der Waals surface area contributed by atoms with Crippen LogP contribution in [0.25, 0.3) is 0 Å². The van der Waals surface area contributed by atoms with E-state index in [1.54, 1.807) is 0 Å². The van der Waals surface area contributed by atoms with Gasteiger partial charge >= 0.3 is 0 Å². The van der Waals surface area contributed by atoms with Crippen LogP contribution in [0, 0.1) is 28.7 Å². The third kappa shape index (κ3) is 6.26. The number of Topliss-reactive ketones (excluding diaryl/α,β-unsaturated/α-hetero) is 1. The van der Waals surface area contributed by atoms with E-state index in [4.69, 9.17) is 0 Å². The highest BCUT2D eigenvalue weighted by Gasteiger charge is 2.34. The molecule has 1 nitrogen and oxygen atoms in total. The summed E-state index contributed by atoms with van der Waals surface area (Å²) in [6.45, 7) is 13.8. The van der Waals surface area contributed by atoms with Gasteiger partial charge in [-0.3, -0.25) is 4.79 Å². The van der Waals surface area contributed by atoms with Crippen LogP contribution in [-0.4, -0.2) is 13.9 Å². The van der Waals surface area contributed by atoms with Gasteiger partial charge in [0.1, 0.15) is 13.9 Å². The van der Waals surface area contributed by atoms with Gasteiger partial charge in [0, 0.05) is 18.8 Å². The Bertz CT molecular complexity index is 386. The molecule has 0 aromatic carbocycles. The van der Waals surface area contributed by atoms with Crippen LogP contribution in [0.4, 0.5) is 0 Å². The van der Waals surface area contributed by atoms with Crippen molar-refractivity contribution in [2.45, 2.75) is 78.9 Å². The number of hydrogen-bond donors (Lipinski definition) is 0. The fourth-order valence-electron chi connectivity index (χ4n) is 2.94. The van der Waals surface area contributed by atoms with E-state index in [1.165, 1.54) is 0 Å². The Hall–Kier alpha value is -0.553. The molecule has 1 aliphatic carbocycles. The predicted octanol–water partition coefficient (Wildman–Crippen LogP) is 5.07. The van der Waals surface area contributed by atoms with Crippen molar-refractivity contribution in [2.75, 3.05) is 0 Å². The minimum Gasteiger partial charge on any atom is -0.299 e. The minimum absolute atomic E-state index is 0.307. The maximum atomic E-state index is 12.1. The summed E-state index contributed by atoms with van der Waals surface area (Å²) in [5.41, 5.74) is 3.75. The average Bonchev–Trinajstić information content (AvgIpc) is 2.28. The highest BCUT2D eigenvalue weighted by molar-refractivity contribution is 6.83. The van der Waals surface area contributed by atoms with E-state index < -0.39 is 8.07 Å². The van der Waals surface area contributed by atoms with Crippen LogP contribution in [0.1, 0.15) is 59.3 Å². The summed E-state index contributed by atoms with van der Waals surface area (Å²) in [5, 5.41) is 0. The van der Waals surface area contributed by atoms with Gasteiger partial charge in [0.05, 0.1) is 0 Å². The Balaban J connectivity index is 2.41. The van der Waals surface area contributed by atoms with Gasteiger partial charge in [0.15, 0.2) is 0 Å². The molecule has 2 atom stereocenters. The molecule has 114 valence electrons. The summed E-state index contributed by atoms with van der Waals surface area (Å²) in [4.78, 5) is 12.1. The quantitative estimate of drug-likeness (QED) is 0.403. The van der Waals surface area contributed by atoms with Crippen LogP contribution >= 0.6 is 0 Å². The molecule has 0 amide bonds. The molecule has 0 saturated heterocycles. The highest BCUT2D eigenvalue weighted by Crippen LogP contribution is 2.40. The summed E-state index contributed by atoms with van der Waals surface area (Å²) in [7, 11) is -1.22. The van der Waals surface area contributed by atoms with Crippen molar-refractivity contribution in [1.29, 1.82) is 0 Å². The predicted molar refractivity (Wildman–Crippen MR) is 90.3 cm³/mol. The van der Waals surface area contributed by atoms with Crippen LogP contribution < -0.4 is 0 Å². The van der Waals surface area contributed by atoms with Crippen LogP contribution in [0.2, 0.25) is 19.6 Å². The fourth-order valence-corrected chi connectivity index (χ4v) is 3.60. The summed E-state index contributed by atoms with van der Waals surface area (Å²) in [6, 6.07) is 0. The maximum Gasteiger partial charge on any atom is 0.135 e. The monoisotopic (exact) mass is 292 g/mol. The topological polar surface area (TPSA) is 17.1 Å². The van der Waals surface area contributed by atoms with Crippen LogP contribution in [0.5, 0.6) is 0 Å². The van der Waals surface area contributed by atoms with Crippen molar-refractivity contribution in [3.8, 4) is 11.5 Å². The molecule has 20 heavy (non-hydrogen) atoms. The molecular formula is C18H32OSi. The number of rotatable bonds is 3. The number of hydrogen-bond acceptors (Lipinski definition) is 1. The van der Waals surface area contributed by atoms with E-state index in [1.807, 2.05) is 0 Å². The molecule has 0 unspecified atom stereocenters. The third-order valence-corrected chi connectivity index (χ3v) is 5.23. The molecule has 0 heterocycles. The molecule has 1 saturated carbocycles. The number of ketones is 1. The first-order valence-corrected chi connectivity index (χ1v) is 11.6. The molecule has 1 aliphatic rings. The van der Waals surface area contributed by atoms with E-state index in [0.717, 1.165) is 38.5 Å². The van der Waals surface area contributed by atoms with Gasteiger partial charge in [0.2, 0.25) is 0 Å². The van der Waals surface area contributed by atoms with Crippen molar-refractivity contribution in [3.63, 3.8) is 0 Å². The number of unbranched alkanes of at least 4 members (excludes halogenated alkanes) is 1. The van der Waals surface area contributed by atoms with Gasteiger partial charge in [0.25, 0.3) is 0 Å². The summed E-state index contributed by atoms with van der Waals surface area (Å²) < 4.78 is 0. The van der Waals surface area contributed by atoms with E-state index in [-0.39, 0.29) is 0 Å². The van der Waals surface area contributed by atoms with Crippen LogP contribution in [-0.2, 0) is 4.79 Å². The second-order valence-electron chi connectivity index (χ2n) is 8.44. The first-order chi connectivity index (χ1) is 9.09. The molecule has 0 spiro atoms. The number of carbonyl (C=O) groups is 1. The third-order valence-electron chi connectivity index (χ3n) is 4.31. The molecule has 0 radical (unpaired) electrons. The molecule has 0 aromatic rings. The van der Waals surface area contributed by atoms with Crippen molar-refractivity contribution in [3.05, 3.63) is 0 Å². The molecule has 2 heteroatoms. The van der Waals surface area contributed by atoms with Gasteiger partial charge in [-0.2, -0.15) is 0 Å². The largest absolute Gasteiger partial charge is 0.299 e. The second kappa shape index (κ2) is 6.94. The Kier molecular flexibility index (Phi) is 6.07. The lowest BCUT2D eigenvalue weighted by atomic mass is 9.68. The average molecular weight is 293 g/mol. The smallest absolute Gasteiger partial charge is 0.135 e. The van der Waals surface area contributed by atoms with Crippen molar-refractivity contribution >= 4 is 13.9 Å². The van der Waals surface area contributed by atoms with Crippen molar-refractivity contribution in [2.24, 2.45) is 17.3 Å². The van der Waals surface area contributed by atoms with Crippen LogP contribution in [0.3, 0.4) is 0 Å². The Morgan fingerprint density at radius 3 is 2.45 bits per heavy atom. The van der Waals surface area contributed by atoms with Gasteiger partial charge in [-0.1, -0.05) is 40.4 Å². The van der Waals surface area contributed by atoms with Gasteiger partial charge in [-0.15, -0.1) is 11.5 Å². The number of carbonyl (C=O) groups excluding carboxylic acids is 1. The molecule has 0 N–H and O–H groups in total. The Morgan fingerprint density at radius 1 is 1.25 bits per heavy atom. The van der Waals surface area contributed by atoms with Crippen molar-refractivity contribution in [1.82, 2.24) is 0 Å². The fraction of sp³-hybridized carbons (Fsp3) is 0.833. The molecule has 1 rings (SSSR count). The molecular weight excluding hydrogens is 260 g/mol. The minimum atomic E-state index is -1.22. The first kappa shape index (κ1) is 17.5. The lowest BCUT2D eigenvalue weighted by Gasteiger charge is -2.37. The normalized spacial score (nSPS) is 24.2. The first-order valence-electron chi connectivity index (χ1n) is 8.12. The van der Waals surface area contributed by atoms with E-state index in [9.17, 15) is 4.79 Å². The van der Waals surface area contributed by atoms with E-state index in [0.29, 0.717) is 23.0 Å². The zero-order chi connectivity index (χ0) is 15.4.